The van der Waals surface area contributed by atoms with Gasteiger partial charge < -0.3 is 5.11 Å². The molecule has 5 heteroatoms. The van der Waals surface area contributed by atoms with Gasteiger partial charge in [-0.1, -0.05) is 0 Å². The zero-order valence-electron chi connectivity index (χ0n) is 9.19. The summed E-state index contributed by atoms with van der Waals surface area (Å²) in [4.78, 5) is 0. The highest BCUT2D eigenvalue weighted by atomic mass is 32.2. The van der Waals surface area contributed by atoms with Gasteiger partial charge in [0.2, 0.25) is 10.0 Å². The number of aliphatic hydroxyl groups excluding tert-OH is 1. The van der Waals surface area contributed by atoms with Crippen LogP contribution in [-0.2, 0) is 10.0 Å². The van der Waals surface area contributed by atoms with Crippen molar-refractivity contribution in [1.29, 1.82) is 0 Å². The van der Waals surface area contributed by atoms with Gasteiger partial charge in [0.25, 0.3) is 0 Å². The fourth-order valence-electron chi connectivity index (χ4n) is 1.66. The molecule has 4 nitrogen and oxygen atoms in total. The van der Waals surface area contributed by atoms with Crippen LogP contribution in [0.4, 0.5) is 0 Å². The van der Waals surface area contributed by atoms with Crippen LogP contribution in [-0.4, -0.2) is 41.3 Å². The predicted octanol–water partition coefficient (Wildman–Crippen LogP) is 0.570. The lowest BCUT2D eigenvalue weighted by Gasteiger charge is -2.29. The van der Waals surface area contributed by atoms with Gasteiger partial charge >= 0.3 is 0 Å². The summed E-state index contributed by atoms with van der Waals surface area (Å²) in [7, 11) is -3.28. The summed E-state index contributed by atoms with van der Waals surface area (Å²) in [5, 5.41) is 9.39. The van der Waals surface area contributed by atoms with Gasteiger partial charge in [-0.3, -0.25) is 0 Å². The van der Waals surface area contributed by atoms with Crippen LogP contribution in [0.1, 0.15) is 34.1 Å². The van der Waals surface area contributed by atoms with Crippen molar-refractivity contribution >= 4 is 10.0 Å². The van der Waals surface area contributed by atoms with Crippen molar-refractivity contribution in [3.8, 4) is 0 Å². The standard InChI is InChI=1S/C9H19NO3S/c1-7-5-8(11)6-10(7)14(12,13)9(2,3)4/h7-8,11H,5-6H2,1-4H3. The Labute approximate surface area is 86.0 Å². The second-order valence-corrected chi connectivity index (χ2v) is 7.57. The van der Waals surface area contributed by atoms with Crippen molar-refractivity contribution in [2.24, 2.45) is 0 Å². The van der Waals surface area contributed by atoms with Gasteiger partial charge in [0, 0.05) is 12.6 Å². The van der Waals surface area contributed by atoms with E-state index in [1.165, 1.54) is 4.31 Å². The topological polar surface area (TPSA) is 57.6 Å². The van der Waals surface area contributed by atoms with Crippen LogP contribution in [0.5, 0.6) is 0 Å². The van der Waals surface area contributed by atoms with Crippen molar-refractivity contribution in [1.82, 2.24) is 4.31 Å². The first kappa shape index (κ1) is 11.9. The van der Waals surface area contributed by atoms with Crippen molar-refractivity contribution in [2.45, 2.75) is 51.0 Å². The Morgan fingerprint density at radius 2 is 1.86 bits per heavy atom. The molecule has 1 saturated heterocycles. The van der Waals surface area contributed by atoms with E-state index in [0.29, 0.717) is 6.42 Å². The van der Waals surface area contributed by atoms with Crippen LogP contribution in [0.25, 0.3) is 0 Å². The van der Waals surface area contributed by atoms with E-state index in [1.54, 1.807) is 20.8 Å². The Bertz CT molecular complexity index is 305. The molecule has 1 heterocycles. The lowest BCUT2D eigenvalue weighted by molar-refractivity contribution is 0.188. The average Bonchev–Trinajstić information content (AvgIpc) is 2.27. The molecule has 0 amide bonds. The van der Waals surface area contributed by atoms with E-state index in [2.05, 4.69) is 0 Å². The first-order chi connectivity index (χ1) is 6.16. The van der Waals surface area contributed by atoms with Crippen LogP contribution in [0.15, 0.2) is 0 Å². The van der Waals surface area contributed by atoms with Gasteiger partial charge in [-0.2, -0.15) is 4.31 Å². The molecule has 1 fully saturated rings. The van der Waals surface area contributed by atoms with Crippen LogP contribution in [0.3, 0.4) is 0 Å². The van der Waals surface area contributed by atoms with Crippen LogP contribution in [0, 0.1) is 0 Å². The van der Waals surface area contributed by atoms with Gasteiger partial charge in [0.05, 0.1) is 10.9 Å². The number of rotatable bonds is 1. The number of hydrogen-bond donors (Lipinski definition) is 1. The van der Waals surface area contributed by atoms with E-state index in [9.17, 15) is 13.5 Å². The largest absolute Gasteiger partial charge is 0.392 e. The molecular formula is C9H19NO3S. The first-order valence-corrected chi connectivity index (χ1v) is 6.29. The Balaban J connectivity index is 2.95. The molecule has 0 saturated carbocycles. The molecular weight excluding hydrogens is 202 g/mol. The second kappa shape index (κ2) is 3.47. The molecule has 1 N–H and O–H groups in total. The minimum absolute atomic E-state index is 0.0887. The summed E-state index contributed by atoms with van der Waals surface area (Å²) in [6.07, 6.45) is 0.0251. The molecule has 2 unspecified atom stereocenters. The van der Waals surface area contributed by atoms with Crippen LogP contribution >= 0.6 is 0 Å². The molecule has 0 aromatic heterocycles. The van der Waals surface area contributed by atoms with E-state index in [4.69, 9.17) is 0 Å². The summed E-state index contributed by atoms with van der Waals surface area (Å²) >= 11 is 0. The molecule has 0 aromatic carbocycles. The summed E-state index contributed by atoms with van der Waals surface area (Å²) in [6, 6.07) is -0.0887. The fourth-order valence-corrected chi connectivity index (χ4v) is 3.29. The molecule has 2 atom stereocenters. The van der Waals surface area contributed by atoms with Crippen molar-refractivity contribution in [3.05, 3.63) is 0 Å². The van der Waals surface area contributed by atoms with Crippen molar-refractivity contribution in [2.75, 3.05) is 6.54 Å². The number of aliphatic hydroxyl groups is 1. The van der Waals surface area contributed by atoms with E-state index in [0.717, 1.165) is 0 Å². The third-order valence-corrected chi connectivity index (χ3v) is 5.25. The minimum atomic E-state index is -3.28. The molecule has 1 aliphatic rings. The Kier molecular flexibility index (Phi) is 2.96. The maximum absolute atomic E-state index is 12.0. The van der Waals surface area contributed by atoms with Gasteiger partial charge in [-0.15, -0.1) is 0 Å². The first-order valence-electron chi connectivity index (χ1n) is 4.85. The second-order valence-electron chi connectivity index (χ2n) is 4.93. The molecule has 84 valence electrons. The zero-order valence-corrected chi connectivity index (χ0v) is 10.0. The monoisotopic (exact) mass is 221 g/mol. The molecule has 0 bridgehead atoms. The summed E-state index contributed by atoms with van der Waals surface area (Å²) in [5.41, 5.74) is 0. The molecule has 14 heavy (non-hydrogen) atoms. The Hall–Kier alpha value is -0.130. The lowest BCUT2D eigenvalue weighted by Crippen LogP contribution is -2.44. The highest BCUT2D eigenvalue weighted by molar-refractivity contribution is 7.90. The zero-order chi connectivity index (χ0) is 11.1. The third-order valence-electron chi connectivity index (χ3n) is 2.58. The van der Waals surface area contributed by atoms with Crippen LogP contribution < -0.4 is 0 Å². The van der Waals surface area contributed by atoms with Crippen molar-refractivity contribution < 1.29 is 13.5 Å². The number of nitrogens with zero attached hydrogens (tertiary/aromatic N) is 1. The quantitative estimate of drug-likeness (QED) is 0.704. The molecule has 0 spiro atoms. The highest BCUT2D eigenvalue weighted by Crippen LogP contribution is 2.28. The van der Waals surface area contributed by atoms with Crippen LogP contribution in [0.2, 0.25) is 0 Å². The number of β-amino-alcohol motifs (C(OH)–C–C–N with tert-alkyl or cyclic N) is 1. The summed E-state index contributed by atoms with van der Waals surface area (Å²) in [5.74, 6) is 0. The van der Waals surface area contributed by atoms with Gasteiger partial charge in [0.1, 0.15) is 0 Å². The number of sulfonamides is 1. The summed E-state index contributed by atoms with van der Waals surface area (Å²) in [6.45, 7) is 7.11. The summed E-state index contributed by atoms with van der Waals surface area (Å²) < 4.78 is 24.7. The molecule has 0 aromatic rings. The third kappa shape index (κ3) is 1.94. The number of hydrogen-bond acceptors (Lipinski definition) is 3. The molecule has 0 aliphatic carbocycles. The molecule has 0 radical (unpaired) electrons. The average molecular weight is 221 g/mol. The minimum Gasteiger partial charge on any atom is -0.392 e. The molecule has 1 aliphatic heterocycles. The fraction of sp³-hybridized carbons (Fsp3) is 1.00. The van der Waals surface area contributed by atoms with Gasteiger partial charge in [0.15, 0.2) is 0 Å². The highest BCUT2D eigenvalue weighted by Gasteiger charge is 2.42. The van der Waals surface area contributed by atoms with Gasteiger partial charge in [-0.05, 0) is 34.1 Å². The van der Waals surface area contributed by atoms with Crippen molar-refractivity contribution in [3.63, 3.8) is 0 Å². The normalized spacial score (nSPS) is 30.9. The Morgan fingerprint density at radius 3 is 2.14 bits per heavy atom. The van der Waals surface area contributed by atoms with E-state index >= 15 is 0 Å². The molecule has 1 rings (SSSR count). The lowest BCUT2D eigenvalue weighted by atomic mass is 10.2. The predicted molar refractivity (Wildman–Crippen MR) is 55.5 cm³/mol. The maximum Gasteiger partial charge on any atom is 0.219 e. The SMILES string of the molecule is CC1CC(O)CN1S(=O)(=O)C(C)(C)C. The Morgan fingerprint density at radius 1 is 1.36 bits per heavy atom. The maximum atomic E-state index is 12.0. The van der Waals surface area contributed by atoms with E-state index in [-0.39, 0.29) is 12.6 Å². The van der Waals surface area contributed by atoms with E-state index < -0.39 is 20.9 Å². The van der Waals surface area contributed by atoms with Gasteiger partial charge in [-0.25, -0.2) is 8.42 Å². The smallest absolute Gasteiger partial charge is 0.219 e. The van der Waals surface area contributed by atoms with E-state index in [1.807, 2.05) is 6.92 Å².